The topological polar surface area (TPSA) is 77.8 Å². The Labute approximate surface area is 127 Å². The van der Waals surface area contributed by atoms with E-state index in [2.05, 4.69) is 15.2 Å². The number of aryl methyl sites for hydroxylation is 1. The summed E-state index contributed by atoms with van der Waals surface area (Å²) in [6.07, 6.45) is 0.187. The molecule has 0 unspecified atom stereocenters. The number of H-pyrrole nitrogens is 1. The number of benzene rings is 2. The van der Waals surface area contributed by atoms with Crippen LogP contribution in [0.2, 0.25) is 0 Å². The van der Waals surface area contributed by atoms with Crippen molar-refractivity contribution in [2.45, 2.75) is 13.3 Å². The SMILES string of the molecule is Cc1ccc(CC(=O)N=Nc2c(O)[nH]c3ccccc23)cc1. The Kier molecular flexibility index (Phi) is 3.70. The molecule has 5 heteroatoms. The molecule has 0 saturated heterocycles. The van der Waals surface area contributed by atoms with Crippen LogP contribution in [-0.2, 0) is 11.2 Å². The first-order valence-electron chi connectivity index (χ1n) is 6.93. The molecular formula is C17H15N3O2. The van der Waals surface area contributed by atoms with Crippen molar-refractivity contribution in [2.75, 3.05) is 0 Å². The van der Waals surface area contributed by atoms with Gasteiger partial charge >= 0.3 is 0 Å². The minimum Gasteiger partial charge on any atom is -0.493 e. The predicted octanol–water partition coefficient (Wildman–Crippen LogP) is 4.03. The molecule has 0 spiro atoms. The number of amides is 1. The largest absolute Gasteiger partial charge is 0.493 e. The molecule has 3 aromatic rings. The maximum absolute atomic E-state index is 11.9. The van der Waals surface area contributed by atoms with Gasteiger partial charge in [0.1, 0.15) is 0 Å². The van der Waals surface area contributed by atoms with Crippen LogP contribution in [0.15, 0.2) is 58.8 Å². The van der Waals surface area contributed by atoms with Crippen molar-refractivity contribution in [3.05, 3.63) is 59.7 Å². The maximum atomic E-state index is 11.9. The molecule has 0 atom stereocenters. The summed E-state index contributed by atoms with van der Waals surface area (Å²) in [5.74, 6) is -0.443. The van der Waals surface area contributed by atoms with E-state index in [-0.39, 0.29) is 23.9 Å². The lowest BCUT2D eigenvalue weighted by atomic mass is 10.1. The van der Waals surface area contributed by atoms with E-state index in [0.717, 1.165) is 22.0 Å². The number of carbonyl (C=O) groups is 1. The van der Waals surface area contributed by atoms with Crippen LogP contribution < -0.4 is 0 Å². The second-order valence-electron chi connectivity index (χ2n) is 5.12. The third-order valence-corrected chi connectivity index (χ3v) is 3.40. The van der Waals surface area contributed by atoms with Crippen LogP contribution in [-0.4, -0.2) is 16.0 Å². The number of para-hydroxylation sites is 1. The summed E-state index contributed by atoms with van der Waals surface area (Å²) in [7, 11) is 0. The van der Waals surface area contributed by atoms with E-state index >= 15 is 0 Å². The molecule has 110 valence electrons. The van der Waals surface area contributed by atoms with E-state index in [0.29, 0.717) is 0 Å². The van der Waals surface area contributed by atoms with Crippen molar-refractivity contribution < 1.29 is 9.90 Å². The van der Waals surface area contributed by atoms with Crippen LogP contribution in [0.3, 0.4) is 0 Å². The van der Waals surface area contributed by atoms with Gasteiger partial charge in [-0.2, -0.15) is 0 Å². The molecule has 5 nitrogen and oxygen atoms in total. The lowest BCUT2D eigenvalue weighted by Gasteiger charge is -1.97. The van der Waals surface area contributed by atoms with Crippen LogP contribution in [0.4, 0.5) is 5.69 Å². The number of hydrogen-bond donors (Lipinski definition) is 2. The summed E-state index contributed by atoms with van der Waals surface area (Å²) < 4.78 is 0. The molecule has 0 bridgehead atoms. The average Bonchev–Trinajstić information content (AvgIpc) is 2.83. The van der Waals surface area contributed by atoms with Crippen molar-refractivity contribution in [1.29, 1.82) is 0 Å². The highest BCUT2D eigenvalue weighted by Gasteiger charge is 2.10. The summed E-state index contributed by atoms with van der Waals surface area (Å²) in [4.78, 5) is 14.7. The van der Waals surface area contributed by atoms with Gasteiger partial charge in [-0.1, -0.05) is 48.0 Å². The van der Waals surface area contributed by atoms with E-state index in [9.17, 15) is 9.90 Å². The van der Waals surface area contributed by atoms with Gasteiger partial charge in [0.15, 0.2) is 5.69 Å². The molecular weight excluding hydrogens is 278 g/mol. The third-order valence-electron chi connectivity index (χ3n) is 3.40. The number of hydrogen-bond acceptors (Lipinski definition) is 3. The normalized spacial score (nSPS) is 11.3. The maximum Gasteiger partial charge on any atom is 0.269 e. The van der Waals surface area contributed by atoms with Gasteiger partial charge in [0.2, 0.25) is 5.88 Å². The van der Waals surface area contributed by atoms with Crippen molar-refractivity contribution in [1.82, 2.24) is 4.98 Å². The third kappa shape index (κ3) is 2.88. The molecule has 0 aliphatic carbocycles. The second kappa shape index (κ2) is 5.81. The number of fused-ring (bicyclic) bond motifs is 1. The standard InChI is InChI=1S/C17H15N3O2/c1-11-6-8-12(9-7-11)10-15(21)19-20-16-13-4-2-3-5-14(13)18-17(16)22/h2-9,18,22H,10H2,1H3. The Morgan fingerprint density at radius 1 is 1.14 bits per heavy atom. The summed E-state index contributed by atoms with van der Waals surface area (Å²) in [6.45, 7) is 1.99. The van der Waals surface area contributed by atoms with Gasteiger partial charge in [0, 0.05) is 5.39 Å². The molecule has 0 saturated carbocycles. The Balaban J connectivity index is 1.79. The summed E-state index contributed by atoms with van der Waals surface area (Å²) in [5.41, 5.74) is 3.06. The Morgan fingerprint density at radius 2 is 1.86 bits per heavy atom. The van der Waals surface area contributed by atoms with Gasteiger partial charge in [-0.3, -0.25) is 4.79 Å². The molecule has 0 fully saturated rings. The molecule has 1 amide bonds. The van der Waals surface area contributed by atoms with E-state index in [1.165, 1.54) is 0 Å². The second-order valence-corrected chi connectivity index (χ2v) is 5.12. The smallest absolute Gasteiger partial charge is 0.269 e. The first kappa shape index (κ1) is 14.0. The van der Waals surface area contributed by atoms with Crippen LogP contribution in [0, 0.1) is 6.92 Å². The zero-order valence-electron chi connectivity index (χ0n) is 12.1. The van der Waals surface area contributed by atoms with E-state index in [1.54, 1.807) is 0 Å². The molecule has 0 radical (unpaired) electrons. The highest BCUT2D eigenvalue weighted by Crippen LogP contribution is 2.35. The lowest BCUT2D eigenvalue weighted by Crippen LogP contribution is -1.97. The quantitative estimate of drug-likeness (QED) is 0.715. The Morgan fingerprint density at radius 3 is 2.64 bits per heavy atom. The fraction of sp³-hybridized carbons (Fsp3) is 0.118. The highest BCUT2D eigenvalue weighted by atomic mass is 16.3. The van der Waals surface area contributed by atoms with Gasteiger partial charge in [-0.05, 0) is 18.6 Å². The predicted molar refractivity (Wildman–Crippen MR) is 84.4 cm³/mol. The molecule has 1 aromatic heterocycles. The zero-order valence-corrected chi connectivity index (χ0v) is 12.1. The van der Waals surface area contributed by atoms with Crippen molar-refractivity contribution in [2.24, 2.45) is 10.2 Å². The monoisotopic (exact) mass is 293 g/mol. The Bertz CT molecular complexity index is 848. The highest BCUT2D eigenvalue weighted by molar-refractivity contribution is 5.94. The zero-order chi connectivity index (χ0) is 15.5. The molecule has 0 aliphatic heterocycles. The molecule has 3 rings (SSSR count). The van der Waals surface area contributed by atoms with Crippen LogP contribution in [0.1, 0.15) is 11.1 Å². The van der Waals surface area contributed by atoms with Crippen LogP contribution >= 0.6 is 0 Å². The van der Waals surface area contributed by atoms with Gasteiger partial charge in [0.25, 0.3) is 5.91 Å². The molecule has 1 heterocycles. The van der Waals surface area contributed by atoms with Crippen LogP contribution in [0.5, 0.6) is 5.88 Å². The minimum atomic E-state index is -0.353. The Hall–Kier alpha value is -2.95. The van der Waals surface area contributed by atoms with Crippen LogP contribution in [0.25, 0.3) is 10.9 Å². The van der Waals surface area contributed by atoms with Crippen molar-refractivity contribution in [3.63, 3.8) is 0 Å². The number of carbonyl (C=O) groups excluding carboxylic acids is 1. The van der Waals surface area contributed by atoms with Gasteiger partial charge in [-0.25, -0.2) is 0 Å². The fourth-order valence-electron chi connectivity index (χ4n) is 2.24. The summed E-state index contributed by atoms with van der Waals surface area (Å²) in [6, 6.07) is 15.0. The fourth-order valence-corrected chi connectivity index (χ4v) is 2.24. The lowest BCUT2D eigenvalue weighted by molar-refractivity contribution is -0.117. The molecule has 22 heavy (non-hydrogen) atoms. The van der Waals surface area contributed by atoms with E-state index in [1.807, 2.05) is 55.5 Å². The number of rotatable bonds is 3. The first-order valence-corrected chi connectivity index (χ1v) is 6.93. The van der Waals surface area contributed by atoms with Crippen molar-refractivity contribution in [3.8, 4) is 5.88 Å². The molecule has 2 N–H and O–H groups in total. The van der Waals surface area contributed by atoms with Crippen molar-refractivity contribution >= 4 is 22.5 Å². The average molecular weight is 293 g/mol. The van der Waals surface area contributed by atoms with E-state index in [4.69, 9.17) is 0 Å². The molecule has 2 aromatic carbocycles. The summed E-state index contributed by atoms with van der Waals surface area (Å²) in [5, 5.41) is 18.2. The summed E-state index contributed by atoms with van der Waals surface area (Å²) >= 11 is 0. The van der Waals surface area contributed by atoms with E-state index < -0.39 is 0 Å². The molecule has 0 aliphatic rings. The number of nitrogens with zero attached hydrogens (tertiary/aromatic N) is 2. The first-order chi connectivity index (χ1) is 10.6. The number of nitrogens with one attached hydrogen (secondary N) is 1. The van der Waals surface area contributed by atoms with Gasteiger partial charge in [-0.15, -0.1) is 10.2 Å². The minimum absolute atomic E-state index is 0.0897. The number of azo groups is 1. The number of aromatic hydroxyl groups is 1. The number of aromatic nitrogens is 1. The van der Waals surface area contributed by atoms with Gasteiger partial charge in [0.05, 0.1) is 11.9 Å². The number of aromatic amines is 1. The van der Waals surface area contributed by atoms with Gasteiger partial charge < -0.3 is 10.1 Å².